The van der Waals surface area contributed by atoms with Crippen LogP contribution in [0.25, 0.3) is 11.3 Å². The van der Waals surface area contributed by atoms with Crippen LogP contribution in [0.2, 0.25) is 0 Å². The van der Waals surface area contributed by atoms with Crippen molar-refractivity contribution in [2.45, 2.75) is 4.90 Å². The molecule has 26 heavy (non-hydrogen) atoms. The van der Waals surface area contributed by atoms with Crippen molar-refractivity contribution in [2.75, 3.05) is 25.8 Å². The Balaban J connectivity index is 1.89. The summed E-state index contributed by atoms with van der Waals surface area (Å²) >= 11 is 1.60. The van der Waals surface area contributed by atoms with Gasteiger partial charge in [0.05, 0.1) is 14.2 Å². The molecule has 3 rings (SSSR count). The second kappa shape index (κ2) is 7.97. The van der Waals surface area contributed by atoms with Crippen LogP contribution in [-0.2, 0) is 0 Å². The lowest BCUT2D eigenvalue weighted by atomic mass is 10.1. The third-order valence-electron chi connectivity index (χ3n) is 3.76. The van der Waals surface area contributed by atoms with Crippen LogP contribution in [0.5, 0.6) is 11.5 Å². The quantitative estimate of drug-likeness (QED) is 0.651. The van der Waals surface area contributed by atoms with E-state index in [4.69, 9.17) is 13.9 Å². The number of hydrogen-bond donors (Lipinski definition) is 1. The van der Waals surface area contributed by atoms with E-state index in [9.17, 15) is 4.79 Å². The summed E-state index contributed by atoms with van der Waals surface area (Å²) in [6.45, 7) is 0. The van der Waals surface area contributed by atoms with Gasteiger partial charge in [0.2, 0.25) is 0 Å². The van der Waals surface area contributed by atoms with Gasteiger partial charge in [-0.3, -0.25) is 4.79 Å². The van der Waals surface area contributed by atoms with Gasteiger partial charge in [0, 0.05) is 16.1 Å². The Bertz CT molecular complexity index is 923. The number of nitrogens with one attached hydrogen (secondary N) is 1. The van der Waals surface area contributed by atoms with Crippen molar-refractivity contribution in [1.82, 2.24) is 4.98 Å². The van der Waals surface area contributed by atoms with E-state index in [0.29, 0.717) is 28.5 Å². The molecule has 134 valence electrons. The van der Waals surface area contributed by atoms with E-state index in [-0.39, 0.29) is 11.6 Å². The Kier molecular flexibility index (Phi) is 5.48. The number of carbonyl (C=O) groups excluding carboxylic acids is 1. The predicted molar refractivity (Wildman–Crippen MR) is 101 cm³/mol. The molecule has 0 radical (unpaired) electrons. The Morgan fingerprint density at radius 2 is 1.92 bits per heavy atom. The van der Waals surface area contributed by atoms with Gasteiger partial charge in [0.15, 0.2) is 29.3 Å². The van der Waals surface area contributed by atoms with Crippen LogP contribution in [0.4, 0.5) is 5.69 Å². The molecule has 0 fully saturated rings. The van der Waals surface area contributed by atoms with Crippen LogP contribution < -0.4 is 14.8 Å². The number of hydrogen-bond acceptors (Lipinski definition) is 6. The van der Waals surface area contributed by atoms with E-state index in [0.717, 1.165) is 4.90 Å². The molecule has 1 N–H and O–H groups in total. The van der Waals surface area contributed by atoms with Crippen LogP contribution >= 0.6 is 11.8 Å². The molecule has 0 spiro atoms. The van der Waals surface area contributed by atoms with Gasteiger partial charge < -0.3 is 19.2 Å². The zero-order valence-corrected chi connectivity index (χ0v) is 15.4. The molecule has 0 saturated heterocycles. The molecular weight excluding hydrogens is 352 g/mol. The molecule has 1 aromatic heterocycles. The maximum atomic E-state index is 12.7. The Labute approximate surface area is 155 Å². The lowest BCUT2D eigenvalue weighted by Gasteiger charge is -2.09. The summed E-state index contributed by atoms with van der Waals surface area (Å²) in [5.74, 6) is 1.15. The molecule has 0 aliphatic heterocycles. The average Bonchev–Trinajstić information content (AvgIpc) is 3.17. The number of amides is 1. The molecular formula is C19H18N2O4S. The molecule has 0 aliphatic carbocycles. The lowest BCUT2D eigenvalue weighted by Crippen LogP contribution is -2.13. The number of thioether (sulfide) groups is 1. The second-order valence-corrected chi connectivity index (χ2v) is 6.17. The van der Waals surface area contributed by atoms with Crippen molar-refractivity contribution in [2.24, 2.45) is 0 Å². The zero-order valence-electron chi connectivity index (χ0n) is 14.6. The molecule has 0 atom stereocenters. The topological polar surface area (TPSA) is 73.6 Å². The Morgan fingerprint density at radius 3 is 2.65 bits per heavy atom. The summed E-state index contributed by atoms with van der Waals surface area (Å²) in [5, 5.41) is 2.85. The largest absolute Gasteiger partial charge is 0.493 e. The number of anilines is 1. The number of benzene rings is 2. The highest BCUT2D eigenvalue weighted by molar-refractivity contribution is 7.98. The molecule has 0 bridgehead atoms. The Morgan fingerprint density at radius 1 is 1.12 bits per heavy atom. The number of carbonyl (C=O) groups is 1. The van der Waals surface area contributed by atoms with Gasteiger partial charge in [-0.2, -0.15) is 0 Å². The fourth-order valence-corrected chi connectivity index (χ4v) is 2.94. The normalized spacial score (nSPS) is 10.4. The lowest BCUT2D eigenvalue weighted by molar-refractivity contribution is 0.102. The van der Waals surface area contributed by atoms with Gasteiger partial charge in [0.1, 0.15) is 0 Å². The van der Waals surface area contributed by atoms with Crippen LogP contribution in [-0.4, -0.2) is 31.4 Å². The zero-order chi connectivity index (χ0) is 18.5. The van der Waals surface area contributed by atoms with Crippen molar-refractivity contribution < 1.29 is 18.7 Å². The minimum Gasteiger partial charge on any atom is -0.493 e. The summed E-state index contributed by atoms with van der Waals surface area (Å²) in [4.78, 5) is 17.8. The molecule has 0 saturated carbocycles. The SMILES string of the molecule is COc1ccc(-c2ocnc2C(=O)Nc2cccc(SC)c2)cc1OC. The summed E-state index contributed by atoms with van der Waals surface area (Å²) in [6.07, 6.45) is 3.23. The minimum atomic E-state index is -0.346. The molecule has 6 nitrogen and oxygen atoms in total. The number of ether oxygens (including phenoxy) is 2. The first-order chi connectivity index (χ1) is 12.7. The van der Waals surface area contributed by atoms with Gasteiger partial charge in [-0.25, -0.2) is 4.98 Å². The molecule has 7 heteroatoms. The summed E-state index contributed by atoms with van der Waals surface area (Å²) < 4.78 is 16.0. The van der Waals surface area contributed by atoms with Crippen molar-refractivity contribution in [3.05, 3.63) is 54.6 Å². The van der Waals surface area contributed by atoms with Gasteiger partial charge in [0.25, 0.3) is 5.91 Å². The first-order valence-electron chi connectivity index (χ1n) is 7.77. The maximum Gasteiger partial charge on any atom is 0.278 e. The third kappa shape index (κ3) is 3.67. The van der Waals surface area contributed by atoms with Crippen LogP contribution in [0.15, 0.2) is 58.2 Å². The number of nitrogens with zero attached hydrogens (tertiary/aromatic N) is 1. The highest BCUT2D eigenvalue weighted by Gasteiger charge is 2.20. The molecule has 0 aliphatic rings. The Hall–Kier alpha value is -2.93. The summed E-state index contributed by atoms with van der Waals surface area (Å²) in [7, 11) is 3.11. The van der Waals surface area contributed by atoms with Crippen LogP contribution in [0, 0.1) is 0 Å². The number of aromatic nitrogens is 1. The number of methoxy groups -OCH3 is 2. The highest BCUT2D eigenvalue weighted by Crippen LogP contribution is 2.33. The van der Waals surface area contributed by atoms with E-state index in [1.165, 1.54) is 6.39 Å². The fraction of sp³-hybridized carbons (Fsp3) is 0.158. The van der Waals surface area contributed by atoms with Gasteiger partial charge in [-0.15, -0.1) is 11.8 Å². The minimum absolute atomic E-state index is 0.201. The number of oxazole rings is 1. The second-order valence-electron chi connectivity index (χ2n) is 5.29. The molecule has 2 aromatic carbocycles. The predicted octanol–water partition coefficient (Wildman–Crippen LogP) is 4.33. The van der Waals surface area contributed by atoms with E-state index in [2.05, 4.69) is 10.3 Å². The van der Waals surface area contributed by atoms with Crippen molar-refractivity contribution in [1.29, 1.82) is 0 Å². The highest BCUT2D eigenvalue weighted by atomic mass is 32.2. The van der Waals surface area contributed by atoms with Gasteiger partial charge in [-0.05, 0) is 42.7 Å². The van der Waals surface area contributed by atoms with Crippen molar-refractivity contribution in [3.63, 3.8) is 0 Å². The van der Waals surface area contributed by atoms with Crippen LogP contribution in [0.1, 0.15) is 10.5 Å². The maximum absolute atomic E-state index is 12.7. The third-order valence-corrected chi connectivity index (χ3v) is 4.48. The van der Waals surface area contributed by atoms with Gasteiger partial charge >= 0.3 is 0 Å². The van der Waals surface area contributed by atoms with Gasteiger partial charge in [-0.1, -0.05) is 6.07 Å². The standard InChI is InChI=1S/C19H18N2O4S/c1-23-15-8-7-12(9-16(15)24-2)18-17(20-11-25-18)19(22)21-13-5-4-6-14(10-13)26-3/h4-11H,1-3H3,(H,21,22). The number of rotatable bonds is 6. The van der Waals surface area contributed by atoms with Crippen LogP contribution in [0.3, 0.4) is 0 Å². The van der Waals surface area contributed by atoms with Crippen molar-refractivity contribution >= 4 is 23.4 Å². The average molecular weight is 370 g/mol. The molecule has 3 aromatic rings. The molecule has 0 unspecified atom stereocenters. The molecule has 1 heterocycles. The van der Waals surface area contributed by atoms with Crippen molar-refractivity contribution in [3.8, 4) is 22.8 Å². The first-order valence-corrected chi connectivity index (χ1v) is 9.00. The van der Waals surface area contributed by atoms with E-state index in [1.54, 1.807) is 44.2 Å². The molecule has 1 amide bonds. The van der Waals surface area contributed by atoms with E-state index >= 15 is 0 Å². The summed E-state index contributed by atoms with van der Waals surface area (Å²) in [6, 6.07) is 12.9. The summed E-state index contributed by atoms with van der Waals surface area (Å²) in [5.41, 5.74) is 1.57. The van der Waals surface area contributed by atoms with E-state index < -0.39 is 0 Å². The van der Waals surface area contributed by atoms with E-state index in [1.807, 2.05) is 30.5 Å². The smallest absolute Gasteiger partial charge is 0.278 e. The first kappa shape index (κ1) is 17.9. The fourth-order valence-electron chi connectivity index (χ4n) is 2.48. The monoisotopic (exact) mass is 370 g/mol.